The number of unbranched alkanes of at least 4 members (excludes halogenated alkanes) is 1. The van der Waals surface area contributed by atoms with Crippen LogP contribution in [0.2, 0.25) is 10.0 Å². The number of ether oxygens (including phenoxy) is 2. The first-order valence-electron chi connectivity index (χ1n) is 9.81. The van der Waals surface area contributed by atoms with E-state index < -0.39 is 11.9 Å². The molecule has 0 aliphatic rings. The Labute approximate surface area is 197 Å². The van der Waals surface area contributed by atoms with Gasteiger partial charge in [-0.3, -0.25) is 4.79 Å². The van der Waals surface area contributed by atoms with Crippen molar-refractivity contribution in [2.75, 3.05) is 13.7 Å². The lowest BCUT2D eigenvalue weighted by molar-refractivity contribution is -0.129. The molecule has 2 aromatic carbocycles. The van der Waals surface area contributed by atoms with Crippen LogP contribution in [-0.2, 0) is 9.59 Å². The summed E-state index contributed by atoms with van der Waals surface area (Å²) in [5.41, 5.74) is 1.21. The summed E-state index contributed by atoms with van der Waals surface area (Å²) in [7, 11) is 1.42. The van der Waals surface area contributed by atoms with Crippen LogP contribution in [0.3, 0.4) is 0 Å². The van der Waals surface area contributed by atoms with Crippen LogP contribution in [0.4, 0.5) is 0 Å². The molecule has 0 saturated heterocycles. The van der Waals surface area contributed by atoms with Gasteiger partial charge in [0.2, 0.25) is 0 Å². The summed E-state index contributed by atoms with van der Waals surface area (Å²) in [5, 5.41) is 12.8. The first-order valence-corrected chi connectivity index (χ1v) is 10.6. The first-order chi connectivity index (χ1) is 15.4. The minimum atomic E-state index is -0.620. The van der Waals surface area contributed by atoms with E-state index in [1.165, 1.54) is 25.3 Å². The van der Waals surface area contributed by atoms with Gasteiger partial charge in [0.05, 0.1) is 17.2 Å². The quantitative estimate of drug-likeness (QED) is 0.172. The third-order valence-electron chi connectivity index (χ3n) is 4.25. The maximum Gasteiger partial charge on any atom is 0.336 e. The van der Waals surface area contributed by atoms with Crippen LogP contribution in [0, 0.1) is 11.3 Å². The monoisotopic (exact) mass is 472 g/mol. The van der Waals surface area contributed by atoms with Gasteiger partial charge in [-0.25, -0.2) is 4.79 Å². The molecule has 2 rings (SSSR count). The number of hydrogen-bond donors (Lipinski definition) is 1. The van der Waals surface area contributed by atoms with Gasteiger partial charge in [-0.2, -0.15) is 5.26 Å². The number of nitriles is 1. The minimum Gasteiger partial charge on any atom is -0.493 e. The number of esters is 1. The number of hydrogen-bond acceptors (Lipinski definition) is 5. The zero-order valence-electron chi connectivity index (χ0n) is 17.7. The molecule has 2 aromatic rings. The van der Waals surface area contributed by atoms with E-state index in [1.54, 1.807) is 36.4 Å². The van der Waals surface area contributed by atoms with Gasteiger partial charge in [-0.15, -0.1) is 0 Å². The number of methoxy groups -OCH3 is 1. The van der Waals surface area contributed by atoms with Crippen LogP contribution in [0.1, 0.15) is 30.9 Å². The Balaban J connectivity index is 2.13. The van der Waals surface area contributed by atoms with Crippen molar-refractivity contribution < 1.29 is 19.1 Å². The van der Waals surface area contributed by atoms with E-state index in [0.717, 1.165) is 12.8 Å². The summed E-state index contributed by atoms with van der Waals surface area (Å²) in [6.45, 7) is 2.51. The van der Waals surface area contributed by atoms with Crippen LogP contribution < -0.4 is 14.8 Å². The van der Waals surface area contributed by atoms with E-state index in [1.807, 2.05) is 13.0 Å². The van der Waals surface area contributed by atoms with E-state index in [9.17, 15) is 14.9 Å². The van der Waals surface area contributed by atoms with Crippen LogP contribution in [0.5, 0.6) is 11.5 Å². The zero-order chi connectivity index (χ0) is 23.5. The second kappa shape index (κ2) is 12.6. The van der Waals surface area contributed by atoms with Crippen molar-refractivity contribution >= 4 is 47.2 Å². The molecule has 6 nitrogen and oxygen atoms in total. The van der Waals surface area contributed by atoms with Crippen LogP contribution >= 0.6 is 23.2 Å². The molecule has 0 fully saturated rings. The van der Waals surface area contributed by atoms with E-state index in [4.69, 9.17) is 32.7 Å². The number of carbonyl (C=O) groups excluding carboxylic acids is 2. The van der Waals surface area contributed by atoms with Crippen LogP contribution in [0.15, 0.2) is 48.0 Å². The molecule has 32 heavy (non-hydrogen) atoms. The number of rotatable bonds is 9. The smallest absolute Gasteiger partial charge is 0.336 e. The molecule has 0 aliphatic heterocycles. The van der Waals surface area contributed by atoms with Crippen molar-refractivity contribution in [3.63, 3.8) is 0 Å². The molecule has 0 bridgehead atoms. The molecule has 0 atom stereocenters. The fourth-order valence-electron chi connectivity index (χ4n) is 2.57. The number of carbonyl (C=O) groups is 2. The van der Waals surface area contributed by atoms with E-state index >= 15 is 0 Å². The zero-order valence-corrected chi connectivity index (χ0v) is 19.2. The molecule has 0 aliphatic carbocycles. The number of benzene rings is 2. The second-order valence-corrected chi connectivity index (χ2v) is 7.43. The summed E-state index contributed by atoms with van der Waals surface area (Å²) in [6.07, 6.45) is 6.01. The first kappa shape index (κ1) is 25.0. The summed E-state index contributed by atoms with van der Waals surface area (Å²) in [6, 6.07) is 11.6. The number of halogens is 2. The van der Waals surface area contributed by atoms with Crippen molar-refractivity contribution in [2.45, 2.75) is 19.8 Å². The van der Waals surface area contributed by atoms with Gasteiger partial charge < -0.3 is 14.8 Å². The summed E-state index contributed by atoms with van der Waals surface area (Å²) in [4.78, 5) is 24.3. The lowest BCUT2D eigenvalue weighted by Crippen LogP contribution is -2.25. The average molecular weight is 473 g/mol. The number of nitrogens with one attached hydrogen (secondary N) is 1. The third-order valence-corrected chi connectivity index (χ3v) is 4.98. The fraction of sp³-hybridized carbons (Fsp3) is 0.208. The summed E-state index contributed by atoms with van der Waals surface area (Å²) < 4.78 is 10.6. The van der Waals surface area contributed by atoms with E-state index in [-0.39, 0.29) is 17.1 Å². The maximum absolute atomic E-state index is 12.2. The van der Waals surface area contributed by atoms with Crippen LogP contribution in [0.25, 0.3) is 12.2 Å². The molecule has 166 valence electrons. The molecular weight excluding hydrogens is 451 g/mol. The number of nitrogens with zero attached hydrogens (tertiary/aromatic N) is 1. The summed E-state index contributed by atoms with van der Waals surface area (Å²) in [5.74, 6) is -0.591. The topological polar surface area (TPSA) is 88.4 Å². The highest BCUT2D eigenvalue weighted by atomic mass is 35.5. The Hall–Kier alpha value is -3.27. The van der Waals surface area contributed by atoms with Gasteiger partial charge in [-0.1, -0.05) is 48.7 Å². The molecule has 0 radical (unpaired) electrons. The Kier molecular flexibility index (Phi) is 9.80. The average Bonchev–Trinajstić information content (AvgIpc) is 2.79. The largest absolute Gasteiger partial charge is 0.493 e. The van der Waals surface area contributed by atoms with Crippen LogP contribution in [-0.4, -0.2) is 25.5 Å². The summed E-state index contributed by atoms with van der Waals surface area (Å²) >= 11 is 11.8. The van der Waals surface area contributed by atoms with Gasteiger partial charge in [0.15, 0.2) is 11.5 Å². The molecule has 0 heterocycles. The Morgan fingerprint density at radius 1 is 1.09 bits per heavy atom. The van der Waals surface area contributed by atoms with E-state index in [0.29, 0.717) is 27.7 Å². The minimum absolute atomic E-state index is 0.0301. The lowest BCUT2D eigenvalue weighted by Gasteiger charge is -2.09. The van der Waals surface area contributed by atoms with Gasteiger partial charge in [0, 0.05) is 12.6 Å². The standard InChI is InChI=1S/C24H22Cl2N2O4/c1-3-4-11-28-24(30)18(15-27)12-17-6-9-21(22(14-17)31-2)32-23(29)10-7-16-5-8-19(25)20(26)13-16/h5-10,12-14H,3-4,11H2,1-2H3,(H,28,30)/b10-7+,18-12+. The highest BCUT2D eigenvalue weighted by molar-refractivity contribution is 6.42. The second-order valence-electron chi connectivity index (χ2n) is 6.62. The highest BCUT2D eigenvalue weighted by Gasteiger charge is 2.12. The van der Waals surface area contributed by atoms with Gasteiger partial charge >= 0.3 is 5.97 Å². The molecule has 0 aromatic heterocycles. The molecule has 1 amide bonds. The predicted octanol–water partition coefficient (Wildman–Crippen LogP) is 5.44. The third kappa shape index (κ3) is 7.45. The Morgan fingerprint density at radius 3 is 2.50 bits per heavy atom. The van der Waals surface area contributed by atoms with E-state index in [2.05, 4.69) is 5.32 Å². The number of amides is 1. The fourth-order valence-corrected chi connectivity index (χ4v) is 2.88. The lowest BCUT2D eigenvalue weighted by atomic mass is 10.1. The molecule has 8 heteroatoms. The predicted molar refractivity (Wildman–Crippen MR) is 126 cm³/mol. The van der Waals surface area contributed by atoms with Crippen molar-refractivity contribution in [3.05, 3.63) is 69.2 Å². The Bertz CT molecular complexity index is 1090. The van der Waals surface area contributed by atoms with Crippen molar-refractivity contribution in [2.24, 2.45) is 0 Å². The van der Waals surface area contributed by atoms with Crippen molar-refractivity contribution in [3.8, 4) is 17.6 Å². The normalized spacial score (nSPS) is 11.2. The molecule has 1 N–H and O–H groups in total. The van der Waals surface area contributed by atoms with Gasteiger partial charge in [-0.05, 0) is 54.0 Å². The molecule has 0 unspecified atom stereocenters. The molecule has 0 spiro atoms. The van der Waals surface area contributed by atoms with Gasteiger partial charge in [0.25, 0.3) is 5.91 Å². The molecular formula is C24H22Cl2N2O4. The van der Waals surface area contributed by atoms with Gasteiger partial charge in [0.1, 0.15) is 11.6 Å². The van der Waals surface area contributed by atoms with Crippen molar-refractivity contribution in [1.29, 1.82) is 5.26 Å². The van der Waals surface area contributed by atoms with Crippen molar-refractivity contribution in [1.82, 2.24) is 5.32 Å². The highest BCUT2D eigenvalue weighted by Crippen LogP contribution is 2.29. The SMILES string of the molecule is CCCCNC(=O)/C(C#N)=C/c1ccc(OC(=O)/C=C/c2ccc(Cl)c(Cl)c2)c(OC)c1. The Morgan fingerprint density at radius 2 is 1.84 bits per heavy atom. The maximum atomic E-state index is 12.2. The molecule has 0 saturated carbocycles.